The molecule has 1 aliphatic heterocycles. The van der Waals surface area contributed by atoms with Gasteiger partial charge in [0.05, 0.1) is 42.1 Å². The van der Waals surface area contributed by atoms with Crippen molar-refractivity contribution in [3.63, 3.8) is 0 Å². The molecular formula is C35H35F3N6O4. The molecule has 13 heteroatoms. The Hall–Kier alpha value is -5.11. The van der Waals surface area contributed by atoms with E-state index >= 15 is 4.39 Å². The monoisotopic (exact) mass is 660 g/mol. The Morgan fingerprint density at radius 3 is 2.27 bits per heavy atom. The van der Waals surface area contributed by atoms with E-state index in [4.69, 9.17) is 15.2 Å². The summed E-state index contributed by atoms with van der Waals surface area (Å²) in [4.78, 5) is 33.8. The zero-order valence-corrected chi connectivity index (χ0v) is 26.1. The zero-order chi connectivity index (χ0) is 34.2. The number of aromatic nitrogens is 2. The molecule has 0 spiro atoms. The third kappa shape index (κ3) is 8.82. The van der Waals surface area contributed by atoms with Crippen LogP contribution >= 0.6 is 0 Å². The fourth-order valence-corrected chi connectivity index (χ4v) is 5.31. The van der Waals surface area contributed by atoms with Crippen molar-refractivity contribution in [2.75, 3.05) is 30.3 Å². The van der Waals surface area contributed by atoms with E-state index in [2.05, 4.69) is 32.5 Å². The van der Waals surface area contributed by atoms with Gasteiger partial charge in [-0.2, -0.15) is 0 Å². The Bertz CT molecular complexity index is 1690. The number of benzene rings is 2. The van der Waals surface area contributed by atoms with Crippen LogP contribution in [0.5, 0.6) is 0 Å². The maximum Gasteiger partial charge on any atom is 0.411 e. The number of nitrogens with two attached hydrogens (primary N) is 1. The summed E-state index contributed by atoms with van der Waals surface area (Å²) in [7, 11) is 0. The topological polar surface area (TPSA) is 140 Å². The quantitative estimate of drug-likeness (QED) is 0.165. The summed E-state index contributed by atoms with van der Waals surface area (Å²) in [6.45, 7) is 6.69. The molecule has 3 heterocycles. The van der Waals surface area contributed by atoms with Gasteiger partial charge in [0.25, 0.3) is 0 Å². The maximum absolute atomic E-state index is 15.2. The van der Waals surface area contributed by atoms with Crippen LogP contribution in [0.3, 0.4) is 0 Å². The number of ether oxygens (including phenoxy) is 2. The first-order chi connectivity index (χ1) is 23.1. The van der Waals surface area contributed by atoms with Gasteiger partial charge in [0, 0.05) is 36.7 Å². The lowest BCUT2D eigenvalue weighted by atomic mass is 9.85. The number of carbonyl (C=O) groups excluding carboxylic acids is 2. The minimum absolute atomic E-state index is 0.0145. The molecule has 0 radical (unpaired) electrons. The highest BCUT2D eigenvalue weighted by Crippen LogP contribution is 2.30. The number of aryl methyl sites for hydroxylation is 1. The van der Waals surface area contributed by atoms with E-state index in [0.29, 0.717) is 35.5 Å². The number of rotatable bonds is 11. The average Bonchev–Trinajstić information content (AvgIpc) is 3.08. The van der Waals surface area contributed by atoms with E-state index in [9.17, 15) is 18.4 Å². The number of amides is 2. The lowest BCUT2D eigenvalue weighted by Crippen LogP contribution is -2.47. The lowest BCUT2D eigenvalue weighted by molar-refractivity contribution is -0.117. The van der Waals surface area contributed by atoms with Crippen molar-refractivity contribution in [3.8, 4) is 0 Å². The first-order valence-electron chi connectivity index (χ1n) is 15.2. The summed E-state index contributed by atoms with van der Waals surface area (Å²) in [5, 5.41) is 8.50. The highest BCUT2D eigenvalue weighted by Gasteiger charge is 2.30. The van der Waals surface area contributed by atoms with Crippen LogP contribution in [0.4, 0.5) is 29.3 Å². The fraction of sp³-hybridized carbons (Fsp3) is 0.257. The van der Waals surface area contributed by atoms with Gasteiger partial charge >= 0.3 is 6.09 Å². The van der Waals surface area contributed by atoms with Gasteiger partial charge < -0.3 is 25.8 Å². The summed E-state index contributed by atoms with van der Waals surface area (Å²) in [6.07, 6.45) is 2.11. The smallest absolute Gasteiger partial charge is 0.411 e. The van der Waals surface area contributed by atoms with Gasteiger partial charge in [-0.1, -0.05) is 30.8 Å². The standard InChI is InChI=1S/C35H35F3N6O4/c1-20(31-18-40-15-27(48-31)19-47-35(46)43-26-12-3-21(2)42-14-26)13-28-29(38)16-41-17-30(28)44-34(45)33(39)32(22-4-8-24(36)9-5-22)23-6-10-25(37)11-7-23/h3-12,14,16-17,27,31-33,40H,1,13,15,18-19,39H2,2H3,(H,43,46)(H,44,45). The molecule has 0 aliphatic carbocycles. The van der Waals surface area contributed by atoms with Gasteiger partial charge in [0.15, 0.2) is 0 Å². The number of carbonyl (C=O) groups is 2. The minimum atomic E-state index is -1.23. The van der Waals surface area contributed by atoms with E-state index in [-0.39, 0.29) is 24.3 Å². The molecule has 3 atom stereocenters. The molecule has 2 amide bonds. The van der Waals surface area contributed by atoms with Gasteiger partial charge in [0.2, 0.25) is 5.91 Å². The number of anilines is 2. The normalized spacial score (nSPS) is 16.6. The van der Waals surface area contributed by atoms with Gasteiger partial charge in [0.1, 0.15) is 30.2 Å². The SMILES string of the molecule is C=C(Cc1c(F)cncc1NC(=O)C(N)C(c1ccc(F)cc1)c1ccc(F)cc1)C1CNCC(COC(=O)Nc2ccc(C)nc2)O1. The second-order valence-corrected chi connectivity index (χ2v) is 11.4. The molecule has 48 heavy (non-hydrogen) atoms. The van der Waals surface area contributed by atoms with E-state index in [1.54, 1.807) is 12.1 Å². The molecule has 5 rings (SSSR count). The number of hydrogen-bond acceptors (Lipinski definition) is 8. The molecule has 3 unspecified atom stereocenters. The third-order valence-corrected chi connectivity index (χ3v) is 7.86. The minimum Gasteiger partial charge on any atom is -0.446 e. The van der Waals surface area contributed by atoms with Crippen molar-refractivity contribution in [3.05, 3.63) is 131 Å². The number of halogens is 3. The summed E-state index contributed by atoms with van der Waals surface area (Å²) in [5.74, 6) is -3.06. The maximum atomic E-state index is 15.2. The molecule has 10 nitrogen and oxygen atoms in total. The van der Waals surface area contributed by atoms with Gasteiger partial charge in [-0.05, 0) is 60.0 Å². The van der Waals surface area contributed by atoms with Crippen molar-refractivity contribution in [1.29, 1.82) is 0 Å². The third-order valence-electron chi connectivity index (χ3n) is 7.86. The van der Waals surface area contributed by atoms with Crippen molar-refractivity contribution in [1.82, 2.24) is 15.3 Å². The number of morpholine rings is 1. The van der Waals surface area contributed by atoms with Crippen LogP contribution in [0.2, 0.25) is 0 Å². The molecular weight excluding hydrogens is 625 g/mol. The highest BCUT2D eigenvalue weighted by atomic mass is 19.1. The van der Waals surface area contributed by atoms with Crippen molar-refractivity contribution in [2.24, 2.45) is 5.73 Å². The van der Waals surface area contributed by atoms with Crippen LogP contribution in [0.25, 0.3) is 0 Å². The van der Waals surface area contributed by atoms with Crippen LogP contribution in [-0.2, 0) is 20.7 Å². The molecule has 2 aromatic heterocycles. The molecule has 0 saturated carbocycles. The summed E-state index contributed by atoms with van der Waals surface area (Å²) in [6, 6.07) is 13.2. The van der Waals surface area contributed by atoms with Crippen LogP contribution in [0.15, 0.2) is 91.4 Å². The first-order valence-corrected chi connectivity index (χ1v) is 15.2. The van der Waals surface area contributed by atoms with Gasteiger partial charge in [-0.3, -0.25) is 20.1 Å². The predicted octanol–water partition coefficient (Wildman–Crippen LogP) is 5.00. The van der Waals surface area contributed by atoms with Crippen LogP contribution in [0.1, 0.15) is 28.3 Å². The number of nitrogens with one attached hydrogen (secondary N) is 3. The Labute approximate surface area is 275 Å². The first kappa shape index (κ1) is 34.2. The van der Waals surface area contributed by atoms with Crippen molar-refractivity contribution < 1.29 is 32.2 Å². The molecule has 0 bridgehead atoms. The van der Waals surface area contributed by atoms with Crippen LogP contribution in [0, 0.1) is 24.4 Å². The largest absolute Gasteiger partial charge is 0.446 e. The molecule has 1 aliphatic rings. The number of hydrogen-bond donors (Lipinski definition) is 4. The molecule has 1 saturated heterocycles. The fourth-order valence-electron chi connectivity index (χ4n) is 5.31. The molecule has 1 fully saturated rings. The second kappa shape index (κ2) is 15.7. The second-order valence-electron chi connectivity index (χ2n) is 11.4. The van der Waals surface area contributed by atoms with Crippen molar-refractivity contribution in [2.45, 2.75) is 37.5 Å². The Kier molecular flexibility index (Phi) is 11.2. The molecule has 250 valence electrons. The Morgan fingerprint density at radius 2 is 1.65 bits per heavy atom. The molecule has 4 aromatic rings. The molecule has 2 aromatic carbocycles. The Balaban J connectivity index is 1.23. The van der Waals surface area contributed by atoms with E-state index in [0.717, 1.165) is 11.9 Å². The summed E-state index contributed by atoms with van der Waals surface area (Å²) >= 11 is 0. The van der Waals surface area contributed by atoms with Crippen LogP contribution < -0.4 is 21.7 Å². The zero-order valence-electron chi connectivity index (χ0n) is 26.1. The van der Waals surface area contributed by atoms with E-state index < -0.39 is 53.6 Å². The summed E-state index contributed by atoms with van der Waals surface area (Å²) < 4.78 is 54.0. The van der Waals surface area contributed by atoms with E-state index in [1.807, 2.05) is 6.92 Å². The molecule has 5 N–H and O–H groups in total. The highest BCUT2D eigenvalue weighted by molar-refractivity contribution is 5.96. The van der Waals surface area contributed by atoms with Gasteiger partial charge in [-0.25, -0.2) is 18.0 Å². The number of nitrogens with zero attached hydrogens (tertiary/aromatic N) is 2. The van der Waals surface area contributed by atoms with Gasteiger partial charge in [-0.15, -0.1) is 0 Å². The lowest BCUT2D eigenvalue weighted by Gasteiger charge is -2.32. The predicted molar refractivity (Wildman–Crippen MR) is 174 cm³/mol. The average molecular weight is 661 g/mol. The van der Waals surface area contributed by atoms with E-state index in [1.165, 1.54) is 60.9 Å². The number of pyridine rings is 2. The van der Waals surface area contributed by atoms with Crippen LogP contribution in [-0.4, -0.2) is 59.9 Å². The Morgan fingerprint density at radius 1 is 0.979 bits per heavy atom. The summed E-state index contributed by atoms with van der Waals surface area (Å²) in [5.41, 5.74) is 9.52. The van der Waals surface area contributed by atoms with Crippen molar-refractivity contribution >= 4 is 23.4 Å².